The highest BCUT2D eigenvalue weighted by atomic mass is 19.3. The number of alkyl halides is 2. The van der Waals surface area contributed by atoms with Crippen LogP contribution in [0.1, 0.15) is 6.42 Å². The molecule has 1 unspecified atom stereocenters. The average molecular weight is 207 g/mol. The van der Waals surface area contributed by atoms with E-state index >= 15 is 0 Å². The molecule has 2 fully saturated rings. The van der Waals surface area contributed by atoms with E-state index in [1.54, 1.807) is 4.90 Å². The van der Waals surface area contributed by atoms with E-state index in [4.69, 9.17) is 9.47 Å². The summed E-state index contributed by atoms with van der Waals surface area (Å²) in [7, 11) is 1.35. The van der Waals surface area contributed by atoms with Gasteiger partial charge in [0.15, 0.2) is 0 Å². The Labute approximate surface area is 82.0 Å². The van der Waals surface area contributed by atoms with Crippen LogP contribution in [0, 0.1) is 0 Å². The molecular formula is C9H15F2NO2. The third-order valence-corrected chi connectivity index (χ3v) is 2.98. The highest BCUT2D eigenvalue weighted by Crippen LogP contribution is 2.31. The summed E-state index contributed by atoms with van der Waals surface area (Å²) in [5.41, 5.74) is 0. The largest absolute Gasteiger partial charge is 0.378 e. The first-order chi connectivity index (χ1) is 6.63. The summed E-state index contributed by atoms with van der Waals surface area (Å²) in [6, 6.07) is 0.193. The molecule has 0 N–H and O–H groups in total. The Kier molecular flexibility index (Phi) is 2.72. The van der Waals surface area contributed by atoms with Crippen molar-refractivity contribution >= 4 is 0 Å². The normalized spacial score (nSPS) is 34.1. The van der Waals surface area contributed by atoms with Gasteiger partial charge in [0.05, 0.1) is 25.8 Å². The number of hydrogen-bond donors (Lipinski definition) is 0. The van der Waals surface area contributed by atoms with Gasteiger partial charge in [-0.2, -0.15) is 0 Å². The Morgan fingerprint density at radius 1 is 1.43 bits per heavy atom. The van der Waals surface area contributed by atoms with Crippen LogP contribution in [-0.2, 0) is 9.47 Å². The van der Waals surface area contributed by atoms with Gasteiger partial charge >= 0.3 is 0 Å². The molecule has 2 aliphatic heterocycles. The predicted octanol–water partition coefficient (Wildman–Crippen LogP) is 0.741. The molecule has 0 amide bonds. The summed E-state index contributed by atoms with van der Waals surface area (Å²) in [5, 5.41) is 0. The monoisotopic (exact) mass is 207 g/mol. The number of ether oxygens (including phenoxy) is 2. The van der Waals surface area contributed by atoms with Gasteiger partial charge in [-0.25, -0.2) is 8.78 Å². The number of hydrogen-bond acceptors (Lipinski definition) is 3. The zero-order valence-corrected chi connectivity index (χ0v) is 8.21. The minimum Gasteiger partial charge on any atom is -0.378 e. The van der Waals surface area contributed by atoms with Crippen LogP contribution in [0.3, 0.4) is 0 Å². The first kappa shape index (κ1) is 10.3. The molecule has 0 aromatic rings. The summed E-state index contributed by atoms with van der Waals surface area (Å²) in [6.45, 7) is 1.67. The van der Waals surface area contributed by atoms with Crippen molar-refractivity contribution in [2.45, 2.75) is 24.5 Å². The van der Waals surface area contributed by atoms with Crippen LogP contribution in [0.15, 0.2) is 0 Å². The van der Waals surface area contributed by atoms with Gasteiger partial charge in [-0.1, -0.05) is 0 Å². The topological polar surface area (TPSA) is 21.7 Å². The number of piperidine rings is 1. The quantitative estimate of drug-likeness (QED) is 0.666. The molecule has 1 atom stereocenters. The fourth-order valence-electron chi connectivity index (χ4n) is 1.98. The highest BCUT2D eigenvalue weighted by Gasteiger charge is 2.47. The van der Waals surface area contributed by atoms with Crippen molar-refractivity contribution < 1.29 is 18.3 Å². The van der Waals surface area contributed by atoms with Crippen LogP contribution >= 0.6 is 0 Å². The molecule has 0 aliphatic carbocycles. The van der Waals surface area contributed by atoms with Gasteiger partial charge in [-0.3, -0.25) is 4.90 Å². The lowest BCUT2D eigenvalue weighted by Gasteiger charge is -2.44. The molecule has 3 nitrogen and oxygen atoms in total. The average Bonchev–Trinajstić information content (AvgIpc) is 1.99. The van der Waals surface area contributed by atoms with Crippen molar-refractivity contribution in [1.82, 2.24) is 4.90 Å². The molecule has 0 radical (unpaired) electrons. The smallest absolute Gasteiger partial charge is 0.286 e. The lowest BCUT2D eigenvalue weighted by Crippen LogP contribution is -2.59. The summed E-state index contributed by atoms with van der Waals surface area (Å²) in [6.07, 6.45) is -0.514. The van der Waals surface area contributed by atoms with Crippen molar-refractivity contribution in [3.05, 3.63) is 0 Å². The lowest BCUT2D eigenvalue weighted by molar-refractivity contribution is -0.186. The maximum absolute atomic E-state index is 13.4. The zero-order valence-electron chi connectivity index (χ0n) is 8.21. The fourth-order valence-corrected chi connectivity index (χ4v) is 1.98. The van der Waals surface area contributed by atoms with Gasteiger partial charge in [-0.15, -0.1) is 0 Å². The first-order valence-electron chi connectivity index (χ1n) is 4.86. The molecule has 0 saturated carbocycles. The Morgan fingerprint density at radius 3 is 2.57 bits per heavy atom. The molecule has 0 bridgehead atoms. The van der Waals surface area contributed by atoms with Crippen LogP contribution in [-0.4, -0.2) is 56.4 Å². The van der Waals surface area contributed by atoms with E-state index in [9.17, 15) is 8.78 Å². The molecule has 0 spiro atoms. The molecule has 14 heavy (non-hydrogen) atoms. The van der Waals surface area contributed by atoms with Gasteiger partial charge in [0.1, 0.15) is 6.10 Å². The Bertz CT molecular complexity index is 209. The van der Waals surface area contributed by atoms with Crippen LogP contribution in [0.4, 0.5) is 8.78 Å². The maximum Gasteiger partial charge on any atom is 0.286 e. The van der Waals surface area contributed by atoms with E-state index in [0.717, 1.165) is 0 Å². The molecule has 0 aromatic heterocycles. The van der Waals surface area contributed by atoms with Gasteiger partial charge < -0.3 is 9.47 Å². The Balaban J connectivity index is 1.94. The molecule has 0 aromatic carbocycles. The van der Waals surface area contributed by atoms with E-state index < -0.39 is 12.0 Å². The maximum atomic E-state index is 13.4. The molecule has 2 rings (SSSR count). The van der Waals surface area contributed by atoms with Crippen molar-refractivity contribution in [3.63, 3.8) is 0 Å². The van der Waals surface area contributed by atoms with Gasteiger partial charge in [0.25, 0.3) is 5.92 Å². The van der Waals surface area contributed by atoms with Gasteiger partial charge in [0.2, 0.25) is 0 Å². The van der Waals surface area contributed by atoms with Crippen LogP contribution in [0.2, 0.25) is 0 Å². The second-order valence-electron chi connectivity index (χ2n) is 3.94. The lowest BCUT2D eigenvalue weighted by atomic mass is 10.0. The third-order valence-electron chi connectivity index (χ3n) is 2.98. The first-order valence-corrected chi connectivity index (χ1v) is 4.86. The Morgan fingerprint density at radius 2 is 2.14 bits per heavy atom. The zero-order chi connectivity index (χ0) is 10.2. The van der Waals surface area contributed by atoms with Crippen molar-refractivity contribution in [2.75, 3.05) is 33.4 Å². The number of halogens is 2. The van der Waals surface area contributed by atoms with E-state index in [1.165, 1.54) is 7.11 Å². The molecular weight excluding hydrogens is 192 g/mol. The molecule has 2 aliphatic rings. The number of nitrogens with zero attached hydrogens (tertiary/aromatic N) is 1. The van der Waals surface area contributed by atoms with E-state index in [2.05, 4.69) is 0 Å². The second kappa shape index (κ2) is 3.72. The third kappa shape index (κ3) is 1.76. The molecule has 5 heteroatoms. The SMILES string of the molecule is COC1CCN(C2COC2)CC1(F)F. The molecule has 2 heterocycles. The van der Waals surface area contributed by atoms with Crippen molar-refractivity contribution in [2.24, 2.45) is 0 Å². The highest BCUT2D eigenvalue weighted by molar-refractivity contribution is 4.91. The van der Waals surface area contributed by atoms with Crippen LogP contribution in [0.25, 0.3) is 0 Å². The van der Waals surface area contributed by atoms with E-state index in [-0.39, 0.29) is 12.6 Å². The number of methoxy groups -OCH3 is 1. The van der Waals surface area contributed by atoms with Crippen LogP contribution in [0.5, 0.6) is 0 Å². The summed E-state index contributed by atoms with van der Waals surface area (Å²) in [4.78, 5) is 1.80. The predicted molar refractivity (Wildman–Crippen MR) is 46.5 cm³/mol. The van der Waals surface area contributed by atoms with E-state index in [0.29, 0.717) is 26.2 Å². The van der Waals surface area contributed by atoms with Crippen molar-refractivity contribution in [1.29, 1.82) is 0 Å². The van der Waals surface area contributed by atoms with Gasteiger partial charge in [0, 0.05) is 13.7 Å². The second-order valence-corrected chi connectivity index (χ2v) is 3.94. The van der Waals surface area contributed by atoms with Crippen molar-refractivity contribution in [3.8, 4) is 0 Å². The minimum absolute atomic E-state index is 0.193. The molecule has 2 saturated heterocycles. The summed E-state index contributed by atoms with van der Waals surface area (Å²) < 4.78 is 36.6. The number of rotatable bonds is 2. The van der Waals surface area contributed by atoms with Crippen LogP contribution < -0.4 is 0 Å². The summed E-state index contributed by atoms with van der Waals surface area (Å²) >= 11 is 0. The minimum atomic E-state index is -2.72. The van der Waals surface area contributed by atoms with Gasteiger partial charge in [-0.05, 0) is 6.42 Å². The molecule has 82 valence electrons. The fraction of sp³-hybridized carbons (Fsp3) is 1.00. The number of likely N-dealkylation sites (tertiary alicyclic amines) is 1. The van der Waals surface area contributed by atoms with E-state index in [1.807, 2.05) is 0 Å². The standard InChI is InChI=1S/C9H15F2NO2/c1-13-8-2-3-12(6-9(8,10)11)7-4-14-5-7/h7-8H,2-6H2,1H3. The Hall–Kier alpha value is -0.260. The summed E-state index contributed by atoms with van der Waals surface area (Å²) in [5.74, 6) is -2.72.